The minimum Gasteiger partial charge on any atom is -0.497 e. The molecule has 1 aromatic carbocycles. The number of methoxy groups -OCH3 is 1. The van der Waals surface area contributed by atoms with Crippen molar-refractivity contribution in [3.05, 3.63) is 50.6 Å². The van der Waals surface area contributed by atoms with Crippen molar-refractivity contribution in [3.8, 4) is 5.75 Å². The summed E-state index contributed by atoms with van der Waals surface area (Å²) in [6.07, 6.45) is 1.02. The Morgan fingerprint density at radius 2 is 2.00 bits per heavy atom. The van der Waals surface area contributed by atoms with Gasteiger partial charge >= 0.3 is 0 Å². The number of hydrogen-bond acceptors (Lipinski definition) is 3. The standard InChI is InChI=1S/C15H18BrNOS/c1-11(17-10-15-14(16)7-8-19-15)9-12-3-5-13(18-2)6-4-12/h3-8,11,17H,9-10H2,1-2H3. The van der Waals surface area contributed by atoms with Crippen molar-refractivity contribution in [2.45, 2.75) is 25.9 Å². The van der Waals surface area contributed by atoms with Crippen molar-refractivity contribution < 1.29 is 4.74 Å². The van der Waals surface area contributed by atoms with E-state index in [0.717, 1.165) is 18.7 Å². The molecule has 1 unspecified atom stereocenters. The van der Waals surface area contributed by atoms with Gasteiger partial charge in [0.25, 0.3) is 0 Å². The van der Waals surface area contributed by atoms with Gasteiger partial charge in [-0.05, 0) is 58.4 Å². The topological polar surface area (TPSA) is 21.3 Å². The molecule has 1 aromatic heterocycles. The maximum atomic E-state index is 5.16. The SMILES string of the molecule is COc1ccc(CC(C)NCc2sccc2Br)cc1. The average Bonchev–Trinajstić information content (AvgIpc) is 2.83. The van der Waals surface area contributed by atoms with Gasteiger partial charge in [-0.15, -0.1) is 11.3 Å². The van der Waals surface area contributed by atoms with Gasteiger partial charge < -0.3 is 10.1 Å². The number of thiophene rings is 1. The van der Waals surface area contributed by atoms with Crippen molar-refractivity contribution in [3.63, 3.8) is 0 Å². The van der Waals surface area contributed by atoms with Crippen LogP contribution in [0.2, 0.25) is 0 Å². The Morgan fingerprint density at radius 1 is 1.26 bits per heavy atom. The molecule has 0 amide bonds. The van der Waals surface area contributed by atoms with E-state index in [-0.39, 0.29) is 0 Å². The number of rotatable bonds is 6. The van der Waals surface area contributed by atoms with Crippen LogP contribution in [0.3, 0.4) is 0 Å². The van der Waals surface area contributed by atoms with Crippen LogP contribution in [-0.4, -0.2) is 13.2 Å². The molecular formula is C15H18BrNOS. The lowest BCUT2D eigenvalue weighted by atomic mass is 10.1. The van der Waals surface area contributed by atoms with Gasteiger partial charge in [0.15, 0.2) is 0 Å². The van der Waals surface area contributed by atoms with Crippen LogP contribution in [0.15, 0.2) is 40.2 Å². The predicted molar refractivity (Wildman–Crippen MR) is 85.0 cm³/mol. The van der Waals surface area contributed by atoms with Crippen LogP contribution in [0, 0.1) is 0 Å². The lowest BCUT2D eigenvalue weighted by Gasteiger charge is -2.13. The van der Waals surface area contributed by atoms with E-state index >= 15 is 0 Å². The van der Waals surface area contributed by atoms with Crippen LogP contribution < -0.4 is 10.1 Å². The third kappa shape index (κ3) is 4.34. The Labute approximate surface area is 126 Å². The first-order chi connectivity index (χ1) is 9.19. The first-order valence-corrected chi connectivity index (χ1v) is 7.94. The summed E-state index contributed by atoms with van der Waals surface area (Å²) in [6, 6.07) is 10.8. The van der Waals surface area contributed by atoms with Crippen molar-refractivity contribution in [1.82, 2.24) is 5.32 Å². The third-order valence-electron chi connectivity index (χ3n) is 3.00. The van der Waals surface area contributed by atoms with Gasteiger partial charge in [-0.2, -0.15) is 0 Å². The minimum absolute atomic E-state index is 0.447. The van der Waals surface area contributed by atoms with E-state index in [2.05, 4.69) is 51.7 Å². The zero-order valence-corrected chi connectivity index (χ0v) is 13.6. The number of nitrogens with one attached hydrogen (secondary N) is 1. The number of ether oxygens (including phenoxy) is 1. The summed E-state index contributed by atoms with van der Waals surface area (Å²) in [7, 11) is 1.69. The summed E-state index contributed by atoms with van der Waals surface area (Å²) in [6.45, 7) is 3.13. The maximum absolute atomic E-state index is 5.16. The fourth-order valence-electron chi connectivity index (χ4n) is 1.91. The van der Waals surface area contributed by atoms with Gasteiger partial charge in [-0.3, -0.25) is 0 Å². The van der Waals surface area contributed by atoms with E-state index in [1.54, 1.807) is 18.4 Å². The molecule has 0 bridgehead atoms. The van der Waals surface area contributed by atoms with Crippen molar-refractivity contribution in [1.29, 1.82) is 0 Å². The van der Waals surface area contributed by atoms with Crippen LogP contribution in [0.4, 0.5) is 0 Å². The summed E-state index contributed by atoms with van der Waals surface area (Å²) >= 11 is 5.33. The van der Waals surface area contributed by atoms with Crippen LogP contribution in [0.1, 0.15) is 17.4 Å². The summed E-state index contributed by atoms with van der Waals surface area (Å²) in [4.78, 5) is 1.35. The van der Waals surface area contributed by atoms with Gasteiger partial charge in [0.05, 0.1) is 7.11 Å². The molecule has 4 heteroatoms. The maximum Gasteiger partial charge on any atom is 0.118 e. The molecule has 0 spiro atoms. The molecule has 0 aliphatic heterocycles. The first-order valence-electron chi connectivity index (χ1n) is 6.27. The lowest BCUT2D eigenvalue weighted by molar-refractivity contribution is 0.414. The van der Waals surface area contributed by atoms with Gasteiger partial charge in [-0.1, -0.05) is 12.1 Å². The molecule has 0 radical (unpaired) electrons. The second kappa shape index (κ2) is 7.08. The molecule has 2 nitrogen and oxygen atoms in total. The van der Waals surface area contributed by atoms with E-state index in [1.807, 2.05) is 12.1 Å². The molecular weight excluding hydrogens is 322 g/mol. The number of hydrogen-bond donors (Lipinski definition) is 1. The molecule has 0 saturated carbocycles. The zero-order chi connectivity index (χ0) is 13.7. The number of halogens is 1. The second-order valence-corrected chi connectivity index (χ2v) is 6.38. The smallest absolute Gasteiger partial charge is 0.118 e. The van der Waals surface area contributed by atoms with E-state index in [0.29, 0.717) is 6.04 Å². The quantitative estimate of drug-likeness (QED) is 0.849. The van der Waals surface area contributed by atoms with Gasteiger partial charge in [0.1, 0.15) is 5.75 Å². The third-order valence-corrected chi connectivity index (χ3v) is 4.93. The van der Waals surface area contributed by atoms with E-state index in [1.165, 1.54) is 14.9 Å². The van der Waals surface area contributed by atoms with Crippen LogP contribution >= 0.6 is 27.3 Å². The highest BCUT2D eigenvalue weighted by atomic mass is 79.9. The van der Waals surface area contributed by atoms with E-state index in [4.69, 9.17) is 4.74 Å². The molecule has 0 aliphatic rings. The highest BCUT2D eigenvalue weighted by Crippen LogP contribution is 2.22. The Bertz CT molecular complexity index is 509. The molecule has 0 saturated heterocycles. The molecule has 1 atom stereocenters. The van der Waals surface area contributed by atoms with Crippen LogP contribution in [-0.2, 0) is 13.0 Å². The fourth-order valence-corrected chi connectivity index (χ4v) is 3.35. The fraction of sp³-hybridized carbons (Fsp3) is 0.333. The van der Waals surface area contributed by atoms with Crippen molar-refractivity contribution >= 4 is 27.3 Å². The first kappa shape index (κ1) is 14.6. The Hall–Kier alpha value is -0.840. The summed E-state index contributed by atoms with van der Waals surface area (Å²) < 4.78 is 6.36. The molecule has 0 aliphatic carbocycles. The summed E-state index contributed by atoms with van der Waals surface area (Å²) in [5.74, 6) is 0.909. The predicted octanol–water partition coefficient (Wildman–Crippen LogP) is 4.24. The average molecular weight is 340 g/mol. The molecule has 0 fully saturated rings. The Morgan fingerprint density at radius 3 is 2.58 bits per heavy atom. The normalized spacial score (nSPS) is 12.4. The Kier molecular flexibility index (Phi) is 5.43. The largest absolute Gasteiger partial charge is 0.497 e. The van der Waals surface area contributed by atoms with Crippen LogP contribution in [0.25, 0.3) is 0 Å². The molecule has 102 valence electrons. The minimum atomic E-state index is 0.447. The molecule has 1 heterocycles. The van der Waals surface area contributed by atoms with E-state index in [9.17, 15) is 0 Å². The second-order valence-electron chi connectivity index (χ2n) is 4.53. The van der Waals surface area contributed by atoms with Crippen LogP contribution in [0.5, 0.6) is 5.75 Å². The highest BCUT2D eigenvalue weighted by Gasteiger charge is 2.06. The lowest BCUT2D eigenvalue weighted by Crippen LogP contribution is -2.27. The number of benzene rings is 1. The summed E-state index contributed by atoms with van der Waals surface area (Å²) in [5, 5.41) is 5.66. The van der Waals surface area contributed by atoms with Gasteiger partial charge in [-0.25, -0.2) is 0 Å². The molecule has 2 aromatic rings. The van der Waals surface area contributed by atoms with E-state index < -0.39 is 0 Å². The van der Waals surface area contributed by atoms with Gasteiger partial charge in [0, 0.05) is 21.9 Å². The highest BCUT2D eigenvalue weighted by molar-refractivity contribution is 9.10. The summed E-state index contributed by atoms with van der Waals surface area (Å²) in [5.41, 5.74) is 1.33. The monoisotopic (exact) mass is 339 g/mol. The zero-order valence-electron chi connectivity index (χ0n) is 11.2. The Balaban J connectivity index is 1.83. The molecule has 2 rings (SSSR count). The molecule has 19 heavy (non-hydrogen) atoms. The van der Waals surface area contributed by atoms with Gasteiger partial charge in [0.2, 0.25) is 0 Å². The molecule has 1 N–H and O–H groups in total. The van der Waals surface area contributed by atoms with Crippen molar-refractivity contribution in [2.24, 2.45) is 0 Å². The van der Waals surface area contributed by atoms with Crippen molar-refractivity contribution in [2.75, 3.05) is 7.11 Å².